The van der Waals surface area contributed by atoms with E-state index in [-0.39, 0.29) is 36.7 Å². The van der Waals surface area contributed by atoms with Crippen molar-refractivity contribution in [1.29, 1.82) is 0 Å². The first-order valence-electron chi connectivity index (χ1n) is 8.72. The van der Waals surface area contributed by atoms with E-state index in [9.17, 15) is 26.4 Å². The third-order valence-electron chi connectivity index (χ3n) is 3.80. The summed E-state index contributed by atoms with van der Waals surface area (Å²) in [4.78, 5) is 12.8. The van der Waals surface area contributed by atoms with Crippen LogP contribution in [0.5, 0.6) is 11.5 Å². The Morgan fingerprint density at radius 1 is 1.14 bits per heavy atom. The number of ether oxygens (including phenoxy) is 2. The molecule has 1 aromatic carbocycles. The predicted octanol–water partition coefficient (Wildman–Crippen LogP) is 1.37. The molecule has 1 aromatic rings. The number of benzene rings is 1. The molecule has 2 N–H and O–H groups in total. The quantitative estimate of drug-likeness (QED) is 0.476. The minimum absolute atomic E-state index is 0.0386. The molecule has 166 valence electrons. The Hall–Kier alpha value is -2.05. The molecule has 0 bridgehead atoms. The first-order chi connectivity index (χ1) is 13.5. The number of halogens is 3. The number of hydrogen-bond donors (Lipinski definition) is 2. The molecule has 0 fully saturated rings. The van der Waals surface area contributed by atoms with Crippen LogP contribution in [0.3, 0.4) is 0 Å². The number of methoxy groups -OCH3 is 2. The van der Waals surface area contributed by atoms with E-state index in [1.165, 1.54) is 39.5 Å². The molecule has 0 heterocycles. The first-order valence-corrected chi connectivity index (χ1v) is 10.2. The van der Waals surface area contributed by atoms with Crippen LogP contribution < -0.4 is 19.5 Å². The van der Waals surface area contributed by atoms with E-state index in [0.717, 1.165) is 4.90 Å². The van der Waals surface area contributed by atoms with Gasteiger partial charge in [0, 0.05) is 25.6 Å². The second kappa shape index (κ2) is 11.2. The van der Waals surface area contributed by atoms with Gasteiger partial charge in [0.15, 0.2) is 11.5 Å². The van der Waals surface area contributed by atoms with E-state index in [1.807, 2.05) is 0 Å². The maximum absolute atomic E-state index is 12.3. The molecule has 0 spiro atoms. The number of amides is 1. The summed E-state index contributed by atoms with van der Waals surface area (Å²) in [7, 11) is 0.309. The lowest BCUT2D eigenvalue weighted by Crippen LogP contribution is -2.34. The summed E-state index contributed by atoms with van der Waals surface area (Å²) in [6, 6.07) is 4.11. The number of carbonyl (C=O) groups is 1. The number of nitrogens with one attached hydrogen (secondary N) is 2. The van der Waals surface area contributed by atoms with Crippen LogP contribution in [0.4, 0.5) is 13.2 Å². The van der Waals surface area contributed by atoms with Gasteiger partial charge in [-0.3, -0.25) is 9.69 Å². The molecule has 0 atom stereocenters. The topological polar surface area (TPSA) is 97.0 Å². The Morgan fingerprint density at radius 3 is 2.38 bits per heavy atom. The van der Waals surface area contributed by atoms with Gasteiger partial charge >= 0.3 is 6.18 Å². The molecule has 0 aliphatic rings. The fourth-order valence-electron chi connectivity index (χ4n) is 2.42. The van der Waals surface area contributed by atoms with Gasteiger partial charge in [0.25, 0.3) is 0 Å². The van der Waals surface area contributed by atoms with E-state index in [2.05, 4.69) is 10.0 Å². The minimum Gasteiger partial charge on any atom is -0.493 e. The molecule has 0 aliphatic heterocycles. The molecule has 12 heteroatoms. The molecular weight excluding hydrogens is 415 g/mol. The molecular formula is C17H26F3N3O5S. The van der Waals surface area contributed by atoms with E-state index < -0.39 is 28.7 Å². The van der Waals surface area contributed by atoms with Gasteiger partial charge in [-0.2, -0.15) is 13.2 Å². The van der Waals surface area contributed by atoms with Crippen molar-refractivity contribution >= 4 is 15.9 Å². The Balaban J connectivity index is 2.38. The van der Waals surface area contributed by atoms with Gasteiger partial charge in [-0.15, -0.1) is 0 Å². The van der Waals surface area contributed by atoms with Gasteiger partial charge in [0.2, 0.25) is 15.9 Å². The van der Waals surface area contributed by atoms with Gasteiger partial charge < -0.3 is 14.8 Å². The van der Waals surface area contributed by atoms with Crippen molar-refractivity contribution in [3.63, 3.8) is 0 Å². The highest BCUT2D eigenvalue weighted by Crippen LogP contribution is 2.29. The van der Waals surface area contributed by atoms with Crippen LogP contribution in [0, 0.1) is 0 Å². The monoisotopic (exact) mass is 441 g/mol. The number of hydrogen-bond acceptors (Lipinski definition) is 6. The van der Waals surface area contributed by atoms with Crippen molar-refractivity contribution in [3.05, 3.63) is 18.2 Å². The average molecular weight is 441 g/mol. The Morgan fingerprint density at radius 2 is 1.79 bits per heavy atom. The zero-order valence-electron chi connectivity index (χ0n) is 16.5. The van der Waals surface area contributed by atoms with Gasteiger partial charge in [-0.25, -0.2) is 13.1 Å². The molecule has 1 amide bonds. The Bertz CT molecular complexity index is 772. The normalized spacial score (nSPS) is 12.1. The second-order valence-electron chi connectivity index (χ2n) is 6.22. The molecule has 0 radical (unpaired) electrons. The summed E-state index contributed by atoms with van der Waals surface area (Å²) < 4.78 is 73.6. The van der Waals surface area contributed by atoms with Gasteiger partial charge in [0.1, 0.15) is 0 Å². The Labute approximate surface area is 168 Å². The van der Waals surface area contributed by atoms with Crippen LogP contribution in [0.1, 0.15) is 12.8 Å². The first kappa shape index (κ1) is 25.0. The number of carbonyl (C=O) groups excluding carboxylic acids is 1. The van der Waals surface area contributed by atoms with Crippen LogP contribution in [-0.4, -0.2) is 72.8 Å². The van der Waals surface area contributed by atoms with Gasteiger partial charge in [-0.1, -0.05) is 0 Å². The smallest absolute Gasteiger partial charge is 0.401 e. The van der Waals surface area contributed by atoms with Crippen molar-refractivity contribution in [3.8, 4) is 11.5 Å². The van der Waals surface area contributed by atoms with Crippen LogP contribution >= 0.6 is 0 Å². The maximum Gasteiger partial charge on any atom is 0.401 e. The Kier molecular flexibility index (Phi) is 9.66. The van der Waals surface area contributed by atoms with Crippen molar-refractivity contribution in [2.75, 3.05) is 47.4 Å². The van der Waals surface area contributed by atoms with Crippen molar-refractivity contribution in [1.82, 2.24) is 14.9 Å². The second-order valence-corrected chi connectivity index (χ2v) is 7.99. The zero-order chi connectivity index (χ0) is 22.1. The zero-order valence-corrected chi connectivity index (χ0v) is 17.3. The highest BCUT2D eigenvalue weighted by atomic mass is 32.2. The summed E-state index contributed by atoms with van der Waals surface area (Å²) >= 11 is 0. The summed E-state index contributed by atoms with van der Waals surface area (Å²) in [6.45, 7) is -0.773. The highest BCUT2D eigenvalue weighted by Gasteiger charge is 2.28. The van der Waals surface area contributed by atoms with Crippen LogP contribution in [0.2, 0.25) is 0 Å². The summed E-state index contributed by atoms with van der Waals surface area (Å²) in [5.41, 5.74) is 0. The van der Waals surface area contributed by atoms with Gasteiger partial charge in [-0.05, 0) is 32.1 Å². The maximum atomic E-state index is 12.3. The third-order valence-corrected chi connectivity index (χ3v) is 5.26. The molecule has 0 saturated carbocycles. The average Bonchev–Trinajstić information content (AvgIpc) is 2.63. The largest absolute Gasteiger partial charge is 0.493 e. The van der Waals surface area contributed by atoms with Crippen LogP contribution in [0.15, 0.2) is 23.1 Å². The SMILES string of the molecule is COc1ccc(S(=O)(=O)NCCC(=O)NCCCN(C)CC(F)(F)F)cc1OC. The van der Waals surface area contributed by atoms with Crippen molar-refractivity contribution in [2.24, 2.45) is 0 Å². The molecule has 29 heavy (non-hydrogen) atoms. The molecule has 8 nitrogen and oxygen atoms in total. The minimum atomic E-state index is -4.26. The molecule has 0 aliphatic carbocycles. The number of nitrogens with zero attached hydrogens (tertiary/aromatic N) is 1. The summed E-state index contributed by atoms with van der Waals surface area (Å²) in [5.74, 6) is 0.230. The summed E-state index contributed by atoms with van der Waals surface area (Å²) in [5, 5.41) is 2.54. The third kappa shape index (κ3) is 9.33. The molecule has 0 aromatic heterocycles. The van der Waals surface area contributed by atoms with E-state index in [0.29, 0.717) is 12.2 Å². The molecule has 1 rings (SSSR count). The van der Waals surface area contributed by atoms with Crippen molar-refractivity contribution in [2.45, 2.75) is 23.9 Å². The highest BCUT2D eigenvalue weighted by molar-refractivity contribution is 7.89. The number of sulfonamides is 1. The number of rotatable bonds is 12. The predicted molar refractivity (Wildman–Crippen MR) is 101 cm³/mol. The fraction of sp³-hybridized carbons (Fsp3) is 0.588. The standard InChI is InChI=1S/C17H26F3N3O5S/c1-23(12-17(18,19)20)10-4-8-21-16(24)7-9-22-29(25,26)13-5-6-14(27-2)15(11-13)28-3/h5-6,11,22H,4,7-10,12H2,1-3H3,(H,21,24). The van der Waals surface area contributed by atoms with E-state index in [1.54, 1.807) is 0 Å². The van der Waals surface area contributed by atoms with E-state index in [4.69, 9.17) is 9.47 Å². The molecule has 0 saturated heterocycles. The lowest BCUT2D eigenvalue weighted by molar-refractivity contribution is -0.143. The van der Waals surface area contributed by atoms with E-state index >= 15 is 0 Å². The van der Waals surface area contributed by atoms with Crippen LogP contribution in [0.25, 0.3) is 0 Å². The molecule has 0 unspecified atom stereocenters. The lowest BCUT2D eigenvalue weighted by atomic mass is 10.3. The number of alkyl halides is 3. The fourth-order valence-corrected chi connectivity index (χ4v) is 3.46. The van der Waals surface area contributed by atoms with Gasteiger partial charge in [0.05, 0.1) is 25.7 Å². The summed E-state index contributed by atoms with van der Waals surface area (Å²) in [6.07, 6.45) is -4.02. The van der Waals surface area contributed by atoms with Crippen molar-refractivity contribution < 1.29 is 35.9 Å². The van der Waals surface area contributed by atoms with Crippen LogP contribution in [-0.2, 0) is 14.8 Å². The lowest BCUT2D eigenvalue weighted by Gasteiger charge is -2.18.